The smallest absolute Gasteiger partial charge is 0.0223 e. The van der Waals surface area contributed by atoms with Gasteiger partial charge in [-0.1, -0.05) is 32.6 Å². The molecule has 0 spiro atoms. The second kappa shape index (κ2) is 6.61. The minimum atomic E-state index is 0.830. The molecule has 0 bridgehead atoms. The molecule has 94 valence electrons. The third-order valence-electron chi connectivity index (χ3n) is 4.35. The second-order valence-corrected chi connectivity index (χ2v) is 5.49. The van der Waals surface area contributed by atoms with Crippen LogP contribution in [0.3, 0.4) is 0 Å². The third kappa shape index (κ3) is 3.21. The minimum absolute atomic E-state index is 0.830. The van der Waals surface area contributed by atoms with Crippen LogP contribution in [0.5, 0.6) is 0 Å². The van der Waals surface area contributed by atoms with Gasteiger partial charge >= 0.3 is 0 Å². The molecular weight excluding hydrogens is 196 g/mol. The Morgan fingerprint density at radius 2 is 1.75 bits per heavy atom. The van der Waals surface area contributed by atoms with Crippen molar-refractivity contribution in [3.8, 4) is 0 Å². The zero-order valence-corrected chi connectivity index (χ0v) is 10.9. The van der Waals surface area contributed by atoms with Gasteiger partial charge in [0, 0.05) is 18.6 Å². The fraction of sp³-hybridized carbons (Fsp3) is 1.00. The fourth-order valence-electron chi connectivity index (χ4n) is 3.45. The van der Waals surface area contributed by atoms with Crippen LogP contribution < -0.4 is 5.32 Å². The van der Waals surface area contributed by atoms with Gasteiger partial charge in [-0.15, -0.1) is 0 Å². The van der Waals surface area contributed by atoms with Crippen LogP contribution in [-0.2, 0) is 0 Å². The predicted molar refractivity (Wildman–Crippen MR) is 69.8 cm³/mol. The molecule has 1 aliphatic heterocycles. The Labute approximate surface area is 101 Å². The predicted octanol–water partition coefficient (Wildman–Crippen LogP) is 2.78. The van der Waals surface area contributed by atoms with Crippen molar-refractivity contribution < 1.29 is 0 Å². The van der Waals surface area contributed by atoms with Crippen LogP contribution in [-0.4, -0.2) is 36.6 Å². The van der Waals surface area contributed by atoms with Gasteiger partial charge in [0.1, 0.15) is 0 Å². The van der Waals surface area contributed by atoms with Crippen LogP contribution in [0.1, 0.15) is 58.3 Å². The van der Waals surface area contributed by atoms with Crippen molar-refractivity contribution in [1.82, 2.24) is 10.2 Å². The first-order chi connectivity index (χ1) is 7.92. The molecule has 0 aromatic heterocycles. The molecule has 0 aromatic carbocycles. The zero-order valence-electron chi connectivity index (χ0n) is 10.9. The average molecular weight is 224 g/mol. The van der Waals surface area contributed by atoms with Gasteiger partial charge in [0.25, 0.3) is 0 Å². The minimum Gasteiger partial charge on any atom is -0.315 e. The molecule has 1 saturated carbocycles. The van der Waals surface area contributed by atoms with Crippen molar-refractivity contribution in [2.75, 3.05) is 19.6 Å². The van der Waals surface area contributed by atoms with Crippen molar-refractivity contribution in [2.24, 2.45) is 0 Å². The van der Waals surface area contributed by atoms with E-state index in [4.69, 9.17) is 0 Å². The van der Waals surface area contributed by atoms with Crippen LogP contribution in [0, 0.1) is 0 Å². The van der Waals surface area contributed by atoms with Crippen molar-refractivity contribution >= 4 is 0 Å². The number of likely N-dealkylation sites (tertiary alicyclic amines) is 1. The second-order valence-electron chi connectivity index (χ2n) is 5.49. The molecule has 16 heavy (non-hydrogen) atoms. The van der Waals surface area contributed by atoms with Gasteiger partial charge in [-0.3, -0.25) is 4.90 Å². The fourth-order valence-corrected chi connectivity index (χ4v) is 3.45. The molecule has 2 rings (SSSR count). The molecule has 0 radical (unpaired) electrons. The molecule has 2 fully saturated rings. The molecule has 2 nitrogen and oxygen atoms in total. The van der Waals surface area contributed by atoms with Crippen LogP contribution in [0.25, 0.3) is 0 Å². The van der Waals surface area contributed by atoms with E-state index in [1.165, 1.54) is 64.5 Å². The topological polar surface area (TPSA) is 15.3 Å². The molecule has 0 amide bonds. The zero-order chi connectivity index (χ0) is 11.2. The molecular formula is C14H28N2. The van der Waals surface area contributed by atoms with E-state index < -0.39 is 0 Å². The van der Waals surface area contributed by atoms with Crippen molar-refractivity contribution in [1.29, 1.82) is 0 Å². The maximum atomic E-state index is 3.55. The third-order valence-corrected chi connectivity index (χ3v) is 4.35. The van der Waals surface area contributed by atoms with E-state index in [9.17, 15) is 0 Å². The number of piperidine rings is 1. The lowest BCUT2D eigenvalue weighted by Crippen LogP contribution is -2.51. The lowest BCUT2D eigenvalue weighted by atomic mass is 9.90. The Balaban J connectivity index is 1.86. The van der Waals surface area contributed by atoms with E-state index in [1.54, 1.807) is 0 Å². The summed E-state index contributed by atoms with van der Waals surface area (Å²) >= 11 is 0. The normalized spacial score (nSPS) is 29.4. The van der Waals surface area contributed by atoms with E-state index in [-0.39, 0.29) is 0 Å². The van der Waals surface area contributed by atoms with E-state index in [0.717, 1.165) is 18.6 Å². The highest BCUT2D eigenvalue weighted by Gasteiger charge is 2.29. The van der Waals surface area contributed by atoms with E-state index in [1.807, 2.05) is 0 Å². The molecule has 2 aliphatic rings. The standard InChI is InChI=1S/C14H28N2/c1-2-15-12-14-10-6-7-11-16(14)13-8-4-3-5-9-13/h13-15H,2-12H2,1H3. The number of rotatable bonds is 4. The Bertz CT molecular complexity index is 187. The summed E-state index contributed by atoms with van der Waals surface area (Å²) in [7, 11) is 0. The monoisotopic (exact) mass is 224 g/mol. The Morgan fingerprint density at radius 3 is 2.50 bits per heavy atom. The van der Waals surface area contributed by atoms with Gasteiger partial charge in [0.2, 0.25) is 0 Å². The first-order valence-corrected chi connectivity index (χ1v) is 7.38. The number of nitrogens with one attached hydrogen (secondary N) is 1. The Kier molecular flexibility index (Phi) is 5.11. The first kappa shape index (κ1) is 12.4. The van der Waals surface area contributed by atoms with Gasteiger partial charge in [-0.2, -0.15) is 0 Å². The van der Waals surface area contributed by atoms with Crippen LogP contribution in [0.4, 0.5) is 0 Å². The lowest BCUT2D eigenvalue weighted by Gasteiger charge is -2.43. The highest BCUT2D eigenvalue weighted by molar-refractivity contribution is 4.85. The summed E-state index contributed by atoms with van der Waals surface area (Å²) in [6.45, 7) is 5.91. The molecule has 2 heteroatoms. The van der Waals surface area contributed by atoms with Gasteiger partial charge in [-0.25, -0.2) is 0 Å². The largest absolute Gasteiger partial charge is 0.315 e. The molecule has 1 aliphatic carbocycles. The quantitative estimate of drug-likeness (QED) is 0.790. The number of hydrogen-bond acceptors (Lipinski definition) is 2. The van der Waals surface area contributed by atoms with Crippen molar-refractivity contribution in [2.45, 2.75) is 70.4 Å². The van der Waals surface area contributed by atoms with Gasteiger partial charge < -0.3 is 5.32 Å². The van der Waals surface area contributed by atoms with Gasteiger partial charge in [-0.05, 0) is 38.8 Å². The van der Waals surface area contributed by atoms with Gasteiger partial charge in [0.05, 0.1) is 0 Å². The summed E-state index contributed by atoms with van der Waals surface area (Å²) in [6, 6.07) is 1.74. The summed E-state index contributed by atoms with van der Waals surface area (Å²) in [5.41, 5.74) is 0. The number of hydrogen-bond donors (Lipinski definition) is 1. The number of likely N-dealkylation sites (N-methyl/N-ethyl adjacent to an activating group) is 1. The summed E-state index contributed by atoms with van der Waals surface area (Å²) in [4.78, 5) is 2.84. The van der Waals surface area contributed by atoms with Gasteiger partial charge in [0.15, 0.2) is 0 Å². The SMILES string of the molecule is CCNCC1CCCCN1C1CCCCC1. The highest BCUT2D eigenvalue weighted by Crippen LogP contribution is 2.28. The van der Waals surface area contributed by atoms with E-state index in [2.05, 4.69) is 17.1 Å². The highest BCUT2D eigenvalue weighted by atomic mass is 15.2. The van der Waals surface area contributed by atoms with E-state index >= 15 is 0 Å². The Hall–Kier alpha value is -0.0800. The molecule has 1 N–H and O–H groups in total. The van der Waals surface area contributed by atoms with E-state index in [0.29, 0.717) is 0 Å². The summed E-state index contributed by atoms with van der Waals surface area (Å²) in [6.07, 6.45) is 11.6. The molecule has 1 atom stereocenters. The lowest BCUT2D eigenvalue weighted by molar-refractivity contribution is 0.0724. The first-order valence-electron chi connectivity index (χ1n) is 7.38. The van der Waals surface area contributed by atoms with Crippen LogP contribution >= 0.6 is 0 Å². The summed E-state index contributed by atoms with van der Waals surface area (Å²) in [5.74, 6) is 0. The Morgan fingerprint density at radius 1 is 1.00 bits per heavy atom. The molecule has 1 heterocycles. The van der Waals surface area contributed by atoms with Crippen LogP contribution in [0.15, 0.2) is 0 Å². The maximum Gasteiger partial charge on any atom is 0.0223 e. The molecule has 0 aromatic rings. The van der Waals surface area contributed by atoms with Crippen molar-refractivity contribution in [3.05, 3.63) is 0 Å². The summed E-state index contributed by atoms with van der Waals surface area (Å²) in [5, 5.41) is 3.55. The average Bonchev–Trinajstić information content (AvgIpc) is 2.38. The molecule has 1 saturated heterocycles. The van der Waals surface area contributed by atoms with Crippen LogP contribution in [0.2, 0.25) is 0 Å². The molecule has 1 unspecified atom stereocenters. The number of nitrogens with zero attached hydrogens (tertiary/aromatic N) is 1. The summed E-state index contributed by atoms with van der Waals surface area (Å²) < 4.78 is 0. The van der Waals surface area contributed by atoms with Crippen molar-refractivity contribution in [3.63, 3.8) is 0 Å². The maximum absolute atomic E-state index is 3.55.